The zero-order chi connectivity index (χ0) is 25.0. The number of hydrogen-bond donors (Lipinski definition) is 1. The molecule has 0 spiro atoms. The third kappa shape index (κ3) is 5.17. The van der Waals surface area contributed by atoms with Gasteiger partial charge in [-0.2, -0.15) is 5.10 Å². The van der Waals surface area contributed by atoms with Crippen LogP contribution in [-0.4, -0.2) is 43.2 Å². The molecule has 1 atom stereocenters. The number of rotatable bonds is 8. The van der Waals surface area contributed by atoms with Crippen LogP contribution in [-0.2, 0) is 10.0 Å². The van der Waals surface area contributed by atoms with Gasteiger partial charge in [0, 0.05) is 12.6 Å². The van der Waals surface area contributed by atoms with Crippen molar-refractivity contribution in [3.63, 3.8) is 0 Å². The molecule has 0 aliphatic carbocycles. The van der Waals surface area contributed by atoms with Crippen molar-refractivity contribution in [2.75, 3.05) is 18.5 Å². The first kappa shape index (κ1) is 24.0. The minimum atomic E-state index is -3.88. The lowest BCUT2D eigenvalue weighted by Crippen LogP contribution is -2.28. The molecule has 0 saturated carbocycles. The van der Waals surface area contributed by atoms with E-state index >= 15 is 0 Å². The van der Waals surface area contributed by atoms with Crippen LogP contribution in [0.2, 0.25) is 0 Å². The zero-order valence-electron chi connectivity index (χ0n) is 19.5. The Morgan fingerprint density at radius 1 is 1.06 bits per heavy atom. The molecule has 0 aliphatic heterocycles. The van der Waals surface area contributed by atoms with Crippen molar-refractivity contribution in [1.29, 1.82) is 0 Å². The Labute approximate surface area is 204 Å². The lowest BCUT2D eigenvalue weighted by molar-refractivity contribution is 0.0939. The summed E-state index contributed by atoms with van der Waals surface area (Å²) in [6, 6.07) is 19.9. The predicted octanol–water partition coefficient (Wildman–Crippen LogP) is 3.59. The van der Waals surface area contributed by atoms with E-state index in [4.69, 9.17) is 4.74 Å². The van der Waals surface area contributed by atoms with Gasteiger partial charge in [0.25, 0.3) is 15.9 Å². The summed E-state index contributed by atoms with van der Waals surface area (Å²) in [7, 11) is -0.866. The van der Waals surface area contributed by atoms with E-state index in [1.165, 1.54) is 29.8 Å². The number of ether oxygens (including phenoxy) is 1. The van der Waals surface area contributed by atoms with Gasteiger partial charge in [0.15, 0.2) is 0 Å². The second kappa shape index (κ2) is 9.98. The summed E-state index contributed by atoms with van der Waals surface area (Å²) < 4.78 is 34.3. The maximum Gasteiger partial charge on any atom is 0.264 e. The first-order valence-corrected chi connectivity index (χ1v) is 12.2. The molecule has 9 nitrogen and oxygen atoms in total. The molecule has 1 heterocycles. The molecule has 180 valence electrons. The van der Waals surface area contributed by atoms with Gasteiger partial charge in [-0.05, 0) is 67.1 Å². The van der Waals surface area contributed by atoms with E-state index in [1.807, 2.05) is 31.2 Å². The van der Waals surface area contributed by atoms with Crippen LogP contribution in [0.1, 0.15) is 28.9 Å². The molecule has 3 aromatic carbocycles. The normalized spacial score (nSPS) is 12.1. The monoisotopic (exact) mass is 491 g/mol. The maximum atomic E-state index is 13.2. The minimum absolute atomic E-state index is 0.0216. The Kier molecular flexibility index (Phi) is 6.83. The first-order chi connectivity index (χ1) is 16.8. The van der Waals surface area contributed by atoms with Crippen LogP contribution in [0.5, 0.6) is 5.75 Å². The van der Waals surface area contributed by atoms with Gasteiger partial charge >= 0.3 is 0 Å². The lowest BCUT2D eigenvalue weighted by atomic mass is 10.1. The number of anilines is 1. The number of carbonyl (C=O) groups excluding carboxylic acids is 1. The molecule has 0 fully saturated rings. The number of nitrogens with zero attached hydrogens (tertiary/aromatic N) is 4. The predicted molar refractivity (Wildman–Crippen MR) is 132 cm³/mol. The van der Waals surface area contributed by atoms with E-state index in [1.54, 1.807) is 54.5 Å². The third-order valence-electron chi connectivity index (χ3n) is 5.61. The molecule has 4 aromatic rings. The van der Waals surface area contributed by atoms with E-state index in [9.17, 15) is 13.2 Å². The van der Waals surface area contributed by atoms with Gasteiger partial charge in [-0.3, -0.25) is 9.10 Å². The van der Waals surface area contributed by atoms with Crippen molar-refractivity contribution in [1.82, 2.24) is 20.1 Å². The molecule has 0 aliphatic rings. The van der Waals surface area contributed by atoms with Crippen LogP contribution < -0.4 is 14.4 Å². The van der Waals surface area contributed by atoms with E-state index in [2.05, 4.69) is 15.4 Å². The molecule has 1 aromatic heterocycles. The average Bonchev–Trinajstić information content (AvgIpc) is 3.43. The van der Waals surface area contributed by atoms with Crippen molar-refractivity contribution in [3.05, 3.63) is 96.6 Å². The molecule has 0 saturated heterocycles. The highest BCUT2D eigenvalue weighted by molar-refractivity contribution is 7.92. The van der Waals surface area contributed by atoms with Crippen molar-refractivity contribution in [3.8, 4) is 11.4 Å². The summed E-state index contributed by atoms with van der Waals surface area (Å²) in [6.45, 7) is 1.86. The third-order valence-corrected chi connectivity index (χ3v) is 7.40. The number of sulfonamides is 1. The smallest absolute Gasteiger partial charge is 0.264 e. The summed E-state index contributed by atoms with van der Waals surface area (Å²) in [5, 5.41) is 7.02. The summed E-state index contributed by atoms with van der Waals surface area (Å²) in [5.41, 5.74) is 2.47. The summed E-state index contributed by atoms with van der Waals surface area (Å²) in [4.78, 5) is 16.9. The highest BCUT2D eigenvalue weighted by atomic mass is 32.2. The number of hydrogen-bond acceptors (Lipinski definition) is 6. The Bertz CT molecular complexity index is 1400. The molecule has 0 bridgehead atoms. The van der Waals surface area contributed by atoms with Crippen LogP contribution in [0.15, 0.2) is 90.3 Å². The molecular weight excluding hydrogens is 466 g/mol. The van der Waals surface area contributed by atoms with Crippen molar-refractivity contribution in [2.24, 2.45) is 0 Å². The van der Waals surface area contributed by atoms with Crippen LogP contribution in [0.25, 0.3) is 5.69 Å². The number of carbonyl (C=O) groups is 1. The zero-order valence-corrected chi connectivity index (χ0v) is 20.3. The topological polar surface area (TPSA) is 106 Å². The quantitative estimate of drug-likeness (QED) is 0.404. The van der Waals surface area contributed by atoms with Gasteiger partial charge in [-0.25, -0.2) is 18.1 Å². The highest BCUT2D eigenvalue weighted by Gasteiger charge is 2.23. The van der Waals surface area contributed by atoms with Gasteiger partial charge in [0.2, 0.25) is 0 Å². The minimum Gasteiger partial charge on any atom is -0.497 e. The maximum absolute atomic E-state index is 13.2. The van der Waals surface area contributed by atoms with Crippen LogP contribution in [0, 0.1) is 0 Å². The molecular formula is C25H25N5O4S. The first-order valence-electron chi connectivity index (χ1n) is 10.8. The van der Waals surface area contributed by atoms with Crippen molar-refractivity contribution in [2.45, 2.75) is 17.9 Å². The number of aromatic nitrogens is 3. The second-order valence-corrected chi connectivity index (χ2v) is 9.79. The summed E-state index contributed by atoms with van der Waals surface area (Å²) in [6.07, 6.45) is 3.06. The average molecular weight is 492 g/mol. The fourth-order valence-corrected chi connectivity index (χ4v) is 4.75. The lowest BCUT2D eigenvalue weighted by Gasteiger charge is -2.20. The van der Waals surface area contributed by atoms with Crippen molar-refractivity contribution >= 4 is 21.6 Å². The Morgan fingerprint density at radius 2 is 1.77 bits per heavy atom. The highest BCUT2D eigenvalue weighted by Crippen LogP contribution is 2.25. The van der Waals surface area contributed by atoms with Gasteiger partial charge < -0.3 is 10.1 Å². The van der Waals surface area contributed by atoms with Crippen molar-refractivity contribution < 1.29 is 17.9 Å². The molecule has 1 amide bonds. The number of benzene rings is 3. The van der Waals surface area contributed by atoms with E-state index < -0.39 is 10.0 Å². The Balaban J connectivity index is 1.49. The summed E-state index contributed by atoms with van der Waals surface area (Å²) >= 11 is 0. The van der Waals surface area contributed by atoms with Gasteiger partial charge in [-0.1, -0.05) is 18.2 Å². The van der Waals surface area contributed by atoms with Gasteiger partial charge in [0.05, 0.1) is 29.4 Å². The fourth-order valence-electron chi connectivity index (χ4n) is 3.51. The van der Waals surface area contributed by atoms with E-state index in [0.29, 0.717) is 11.4 Å². The fraction of sp³-hybridized carbons (Fsp3) is 0.160. The molecule has 10 heteroatoms. The van der Waals surface area contributed by atoms with Crippen LogP contribution >= 0.6 is 0 Å². The van der Waals surface area contributed by atoms with Gasteiger partial charge in [-0.15, -0.1) is 0 Å². The largest absolute Gasteiger partial charge is 0.497 e. The van der Waals surface area contributed by atoms with E-state index in [-0.39, 0.29) is 22.4 Å². The number of amides is 1. The van der Waals surface area contributed by atoms with Gasteiger partial charge in [0.1, 0.15) is 18.4 Å². The molecule has 1 N–H and O–H groups in total. The van der Waals surface area contributed by atoms with Crippen LogP contribution in [0.3, 0.4) is 0 Å². The second-order valence-electron chi connectivity index (χ2n) is 7.83. The Hall–Kier alpha value is -4.18. The number of nitrogens with one attached hydrogen (secondary N) is 1. The Morgan fingerprint density at radius 3 is 2.40 bits per heavy atom. The molecule has 35 heavy (non-hydrogen) atoms. The number of methoxy groups -OCH3 is 1. The summed E-state index contributed by atoms with van der Waals surface area (Å²) in [5.74, 6) is 0.252. The molecule has 0 radical (unpaired) electrons. The molecule has 1 unspecified atom stereocenters. The standard InChI is InChI=1S/C25H25N5O4S/c1-18(19-7-9-22(10-8-19)30-17-26-16-27-30)28-25(31)20-5-4-6-24(15-20)35(32,33)29(2)21-11-13-23(34-3)14-12-21/h4-18H,1-3H3,(H,28,31). The molecule has 4 rings (SSSR count). The van der Waals surface area contributed by atoms with Crippen LogP contribution in [0.4, 0.5) is 5.69 Å². The van der Waals surface area contributed by atoms with E-state index in [0.717, 1.165) is 11.3 Å². The SMILES string of the molecule is COc1ccc(N(C)S(=O)(=O)c2cccc(C(=O)NC(C)c3ccc(-n4cncn4)cc3)c2)cc1.